The van der Waals surface area contributed by atoms with E-state index in [9.17, 15) is 0 Å². The van der Waals surface area contributed by atoms with Crippen molar-refractivity contribution in [2.24, 2.45) is 0 Å². The molecule has 0 fully saturated rings. The van der Waals surface area contributed by atoms with E-state index >= 15 is 0 Å². The van der Waals surface area contributed by atoms with Crippen LogP contribution in [0.15, 0.2) is 30.4 Å². The van der Waals surface area contributed by atoms with Gasteiger partial charge in [0.25, 0.3) is 0 Å². The van der Waals surface area contributed by atoms with Crippen LogP contribution in [0.4, 0.5) is 0 Å². The van der Waals surface area contributed by atoms with E-state index in [2.05, 4.69) is 71.9 Å². The first-order valence-electron chi connectivity index (χ1n) is 7.68. The Kier molecular flexibility index (Phi) is 5.85. The molecule has 0 spiro atoms. The summed E-state index contributed by atoms with van der Waals surface area (Å²) in [6.45, 7) is 13.6. The summed E-state index contributed by atoms with van der Waals surface area (Å²) in [5.74, 6) is 0.661. The lowest BCUT2D eigenvalue weighted by atomic mass is 9.81. The van der Waals surface area contributed by atoms with Crippen LogP contribution in [-0.4, -0.2) is 0 Å². The highest BCUT2D eigenvalue weighted by molar-refractivity contribution is 5.38. The molecule has 1 atom stereocenters. The minimum Gasteiger partial charge on any atom is -0.0916 e. The lowest BCUT2D eigenvalue weighted by molar-refractivity contribution is 0.584. The number of hydrogen-bond donors (Lipinski definition) is 0. The van der Waals surface area contributed by atoms with Gasteiger partial charge in [0.2, 0.25) is 0 Å². The average molecular weight is 258 g/mol. The molecule has 1 unspecified atom stereocenters. The number of benzene rings is 1. The van der Waals surface area contributed by atoms with Crippen molar-refractivity contribution < 1.29 is 0 Å². The van der Waals surface area contributed by atoms with Gasteiger partial charge in [0.1, 0.15) is 0 Å². The fourth-order valence-electron chi connectivity index (χ4n) is 2.58. The van der Waals surface area contributed by atoms with Crippen molar-refractivity contribution >= 4 is 0 Å². The first-order valence-corrected chi connectivity index (χ1v) is 7.68. The summed E-state index contributed by atoms with van der Waals surface area (Å²) in [6.07, 6.45) is 7.98. The summed E-state index contributed by atoms with van der Waals surface area (Å²) in [7, 11) is 0. The van der Waals surface area contributed by atoms with Crippen LogP contribution in [0.3, 0.4) is 0 Å². The molecule has 0 heterocycles. The van der Waals surface area contributed by atoms with E-state index in [0.29, 0.717) is 5.92 Å². The van der Waals surface area contributed by atoms with Crippen LogP contribution in [0.1, 0.15) is 77.0 Å². The third-order valence-electron chi connectivity index (χ3n) is 3.98. The molecular formula is C19H30. The smallest absolute Gasteiger partial charge is 0.0127 e. The predicted molar refractivity (Wildman–Crippen MR) is 87.0 cm³/mol. The summed E-state index contributed by atoms with van der Waals surface area (Å²) in [6, 6.07) is 7.11. The summed E-state index contributed by atoms with van der Waals surface area (Å²) < 4.78 is 0. The fourth-order valence-corrected chi connectivity index (χ4v) is 2.58. The second-order valence-electron chi connectivity index (χ2n) is 6.43. The molecule has 1 aromatic rings. The molecule has 1 rings (SSSR count). The van der Waals surface area contributed by atoms with Crippen LogP contribution in [0, 0.1) is 0 Å². The quantitative estimate of drug-likeness (QED) is 0.568. The molecule has 0 heteroatoms. The standard InChI is InChI=1S/C19H30/c1-7-10-11-15(8-2)18-14-17(19(4,5)6)13-12-16(18)9-3/h7,10,12-15H,8-9,11H2,1-6H3/b10-7-. The molecule has 0 bridgehead atoms. The second-order valence-corrected chi connectivity index (χ2v) is 6.43. The summed E-state index contributed by atoms with van der Waals surface area (Å²) in [4.78, 5) is 0. The normalized spacial score (nSPS) is 14.0. The summed E-state index contributed by atoms with van der Waals surface area (Å²) >= 11 is 0. The Morgan fingerprint density at radius 3 is 2.32 bits per heavy atom. The van der Waals surface area contributed by atoms with Gasteiger partial charge in [-0.05, 0) is 54.2 Å². The van der Waals surface area contributed by atoms with Gasteiger partial charge in [-0.25, -0.2) is 0 Å². The van der Waals surface area contributed by atoms with Gasteiger partial charge >= 0.3 is 0 Å². The Morgan fingerprint density at radius 2 is 1.84 bits per heavy atom. The van der Waals surface area contributed by atoms with Gasteiger partial charge in [0.15, 0.2) is 0 Å². The monoisotopic (exact) mass is 258 g/mol. The Hall–Kier alpha value is -1.04. The van der Waals surface area contributed by atoms with E-state index in [4.69, 9.17) is 0 Å². The van der Waals surface area contributed by atoms with Gasteiger partial charge in [-0.1, -0.05) is 65.0 Å². The minimum atomic E-state index is 0.236. The van der Waals surface area contributed by atoms with Crippen LogP contribution in [0.5, 0.6) is 0 Å². The minimum absolute atomic E-state index is 0.236. The summed E-state index contributed by atoms with van der Waals surface area (Å²) in [5.41, 5.74) is 4.78. The van der Waals surface area contributed by atoms with E-state index in [1.54, 1.807) is 5.56 Å². The molecule has 0 aliphatic rings. The molecule has 106 valence electrons. The highest BCUT2D eigenvalue weighted by Gasteiger charge is 2.18. The maximum absolute atomic E-state index is 2.45. The third kappa shape index (κ3) is 4.23. The molecule has 0 aromatic heterocycles. The first-order chi connectivity index (χ1) is 8.93. The average Bonchev–Trinajstić information content (AvgIpc) is 2.38. The molecule has 0 N–H and O–H groups in total. The molecule has 0 aliphatic heterocycles. The Balaban J connectivity index is 3.20. The number of allylic oxidation sites excluding steroid dienone is 2. The zero-order chi connectivity index (χ0) is 14.5. The van der Waals surface area contributed by atoms with Gasteiger partial charge in [-0.2, -0.15) is 0 Å². The maximum Gasteiger partial charge on any atom is -0.0127 e. The van der Waals surface area contributed by atoms with E-state index < -0.39 is 0 Å². The van der Waals surface area contributed by atoms with E-state index in [1.165, 1.54) is 17.5 Å². The number of rotatable bonds is 5. The van der Waals surface area contributed by atoms with Crippen LogP contribution in [0.2, 0.25) is 0 Å². The van der Waals surface area contributed by atoms with Gasteiger partial charge in [0, 0.05) is 0 Å². The topological polar surface area (TPSA) is 0 Å². The molecule has 0 saturated heterocycles. The van der Waals surface area contributed by atoms with Crippen molar-refractivity contribution in [3.63, 3.8) is 0 Å². The number of hydrogen-bond acceptors (Lipinski definition) is 0. The Labute approximate surface area is 119 Å². The van der Waals surface area contributed by atoms with Crippen molar-refractivity contribution in [2.75, 3.05) is 0 Å². The molecule has 0 radical (unpaired) electrons. The third-order valence-corrected chi connectivity index (χ3v) is 3.98. The molecule has 0 amide bonds. The molecule has 0 nitrogen and oxygen atoms in total. The van der Waals surface area contributed by atoms with Gasteiger partial charge in [0.05, 0.1) is 0 Å². The van der Waals surface area contributed by atoms with Gasteiger partial charge < -0.3 is 0 Å². The van der Waals surface area contributed by atoms with Crippen molar-refractivity contribution in [3.05, 3.63) is 47.0 Å². The number of aryl methyl sites for hydroxylation is 1. The van der Waals surface area contributed by atoms with Gasteiger partial charge in [-0.15, -0.1) is 0 Å². The maximum atomic E-state index is 2.45. The first kappa shape index (κ1) is 16.0. The zero-order valence-electron chi connectivity index (χ0n) is 13.6. The molecule has 0 aliphatic carbocycles. The van der Waals surface area contributed by atoms with Crippen LogP contribution < -0.4 is 0 Å². The summed E-state index contributed by atoms with van der Waals surface area (Å²) in [5, 5.41) is 0. The van der Waals surface area contributed by atoms with Gasteiger partial charge in [-0.3, -0.25) is 0 Å². The van der Waals surface area contributed by atoms with Crippen LogP contribution >= 0.6 is 0 Å². The van der Waals surface area contributed by atoms with Crippen LogP contribution in [-0.2, 0) is 11.8 Å². The zero-order valence-corrected chi connectivity index (χ0v) is 13.6. The SMILES string of the molecule is C/C=C\CC(CC)c1cc(C(C)(C)C)ccc1CC. The van der Waals surface area contributed by atoms with E-state index in [1.807, 2.05) is 0 Å². The van der Waals surface area contributed by atoms with Crippen molar-refractivity contribution in [2.45, 2.75) is 72.1 Å². The molecular weight excluding hydrogens is 228 g/mol. The highest BCUT2D eigenvalue weighted by atomic mass is 14.2. The van der Waals surface area contributed by atoms with Crippen molar-refractivity contribution in [3.8, 4) is 0 Å². The lowest BCUT2D eigenvalue weighted by Crippen LogP contribution is -2.13. The molecule has 19 heavy (non-hydrogen) atoms. The van der Waals surface area contributed by atoms with Crippen molar-refractivity contribution in [1.82, 2.24) is 0 Å². The predicted octanol–water partition coefficient (Wildman–Crippen LogP) is 6.01. The second kappa shape index (κ2) is 6.93. The highest BCUT2D eigenvalue weighted by Crippen LogP contribution is 2.32. The Bertz CT molecular complexity index is 418. The van der Waals surface area contributed by atoms with Crippen molar-refractivity contribution in [1.29, 1.82) is 0 Å². The molecule has 1 aromatic carbocycles. The molecule has 0 saturated carbocycles. The lowest BCUT2D eigenvalue weighted by Gasteiger charge is -2.24. The fraction of sp³-hybridized carbons (Fsp3) is 0.579. The van der Waals surface area contributed by atoms with E-state index in [-0.39, 0.29) is 5.41 Å². The van der Waals surface area contributed by atoms with Crippen LogP contribution in [0.25, 0.3) is 0 Å². The van der Waals surface area contributed by atoms with E-state index in [0.717, 1.165) is 12.8 Å². The Morgan fingerprint density at radius 1 is 1.16 bits per heavy atom. The largest absolute Gasteiger partial charge is 0.0916 e.